The fourth-order valence-electron chi connectivity index (χ4n) is 3.78. The second-order valence-corrected chi connectivity index (χ2v) is 7.33. The van der Waals surface area contributed by atoms with Crippen molar-refractivity contribution in [2.45, 2.75) is 45.1 Å². The Morgan fingerprint density at radius 1 is 1.15 bits per heavy atom. The molecule has 1 saturated heterocycles. The largest absolute Gasteiger partial charge is 0.508 e. The second kappa shape index (κ2) is 7.88. The average molecular weight is 363 g/mol. The van der Waals surface area contributed by atoms with Gasteiger partial charge >= 0.3 is 0 Å². The van der Waals surface area contributed by atoms with E-state index in [0.717, 1.165) is 47.5 Å². The molecule has 0 amide bonds. The molecule has 1 atom stereocenters. The van der Waals surface area contributed by atoms with Crippen molar-refractivity contribution in [3.05, 3.63) is 54.2 Å². The molecule has 1 fully saturated rings. The number of aryl methyl sites for hydroxylation is 2. The van der Waals surface area contributed by atoms with Gasteiger partial charge in [-0.25, -0.2) is 4.98 Å². The molecule has 3 heterocycles. The zero-order chi connectivity index (χ0) is 18.6. The zero-order valence-electron chi connectivity index (χ0n) is 15.6. The van der Waals surface area contributed by atoms with E-state index in [1.165, 1.54) is 19.3 Å². The van der Waals surface area contributed by atoms with Gasteiger partial charge in [-0.2, -0.15) is 0 Å². The van der Waals surface area contributed by atoms with Crippen molar-refractivity contribution in [3.8, 4) is 22.7 Å². The van der Waals surface area contributed by atoms with Crippen LogP contribution in [-0.2, 0) is 6.42 Å². The van der Waals surface area contributed by atoms with Gasteiger partial charge in [0.2, 0.25) is 0 Å². The lowest BCUT2D eigenvalue weighted by atomic mass is 9.95. The van der Waals surface area contributed by atoms with Crippen LogP contribution in [0.4, 0.5) is 0 Å². The second-order valence-electron chi connectivity index (χ2n) is 7.33. The summed E-state index contributed by atoms with van der Waals surface area (Å²) in [5, 5.41) is 21.7. The van der Waals surface area contributed by atoms with Crippen LogP contribution in [0.1, 0.15) is 36.8 Å². The van der Waals surface area contributed by atoms with Crippen molar-refractivity contribution < 1.29 is 5.11 Å². The molecule has 6 nitrogen and oxygen atoms in total. The smallest absolute Gasteiger partial charge is 0.147 e. The number of hydrogen-bond donors (Lipinski definition) is 2. The number of hydrogen-bond acceptors (Lipinski definition) is 5. The SMILES string of the molecule is Cc1cnc(-n2cnnc2)c(-c2cc(O)cc(CC[C@@H]3CCCCN3)c2)c1. The van der Waals surface area contributed by atoms with Gasteiger partial charge in [0, 0.05) is 17.8 Å². The van der Waals surface area contributed by atoms with Crippen LogP contribution in [0.5, 0.6) is 5.75 Å². The molecular weight excluding hydrogens is 338 g/mol. The minimum absolute atomic E-state index is 0.287. The number of nitrogens with one attached hydrogen (secondary N) is 1. The number of nitrogens with zero attached hydrogens (tertiary/aromatic N) is 4. The number of piperidine rings is 1. The predicted octanol–water partition coefficient (Wildman–Crippen LogP) is 3.42. The van der Waals surface area contributed by atoms with Crippen LogP contribution in [0.15, 0.2) is 43.1 Å². The third-order valence-electron chi connectivity index (χ3n) is 5.15. The molecule has 140 valence electrons. The van der Waals surface area contributed by atoms with Crippen molar-refractivity contribution in [1.82, 2.24) is 25.1 Å². The maximum absolute atomic E-state index is 10.3. The Hall–Kier alpha value is -2.73. The molecular formula is C21H25N5O. The van der Waals surface area contributed by atoms with Crippen LogP contribution < -0.4 is 5.32 Å². The predicted molar refractivity (Wildman–Crippen MR) is 105 cm³/mol. The molecule has 0 aliphatic carbocycles. The summed E-state index contributed by atoms with van der Waals surface area (Å²) in [5.74, 6) is 1.05. The van der Waals surface area contributed by atoms with Crippen molar-refractivity contribution in [2.24, 2.45) is 0 Å². The molecule has 4 rings (SSSR count). The van der Waals surface area contributed by atoms with E-state index in [1.54, 1.807) is 23.3 Å². The number of rotatable bonds is 5. The molecule has 1 aliphatic rings. The minimum Gasteiger partial charge on any atom is -0.508 e. The lowest BCUT2D eigenvalue weighted by Gasteiger charge is -2.23. The summed E-state index contributed by atoms with van der Waals surface area (Å²) < 4.78 is 1.80. The molecule has 2 aromatic heterocycles. The van der Waals surface area contributed by atoms with E-state index in [-0.39, 0.29) is 5.75 Å². The molecule has 0 bridgehead atoms. The number of phenols is 1. The van der Waals surface area contributed by atoms with E-state index in [0.29, 0.717) is 6.04 Å². The van der Waals surface area contributed by atoms with E-state index >= 15 is 0 Å². The molecule has 3 aromatic rings. The van der Waals surface area contributed by atoms with Crippen LogP contribution in [0, 0.1) is 6.92 Å². The van der Waals surface area contributed by atoms with Gasteiger partial charge in [0.15, 0.2) is 0 Å². The molecule has 0 saturated carbocycles. The Kier molecular flexibility index (Phi) is 5.16. The van der Waals surface area contributed by atoms with Gasteiger partial charge in [0.05, 0.1) is 0 Å². The summed E-state index contributed by atoms with van der Waals surface area (Å²) in [7, 11) is 0. The average Bonchev–Trinajstić information content (AvgIpc) is 3.21. The van der Waals surface area contributed by atoms with Gasteiger partial charge in [0.25, 0.3) is 0 Å². The van der Waals surface area contributed by atoms with Crippen LogP contribution in [-0.4, -0.2) is 37.4 Å². The first-order valence-electron chi connectivity index (χ1n) is 9.57. The van der Waals surface area contributed by atoms with Crippen molar-refractivity contribution >= 4 is 0 Å². The summed E-state index contributed by atoms with van der Waals surface area (Å²) >= 11 is 0. The first-order valence-corrected chi connectivity index (χ1v) is 9.57. The van der Waals surface area contributed by atoms with Crippen molar-refractivity contribution in [3.63, 3.8) is 0 Å². The van der Waals surface area contributed by atoms with Gasteiger partial charge < -0.3 is 10.4 Å². The highest BCUT2D eigenvalue weighted by molar-refractivity contribution is 5.73. The quantitative estimate of drug-likeness (QED) is 0.726. The fourth-order valence-corrected chi connectivity index (χ4v) is 3.78. The lowest BCUT2D eigenvalue weighted by Crippen LogP contribution is -2.34. The highest BCUT2D eigenvalue weighted by atomic mass is 16.3. The third-order valence-corrected chi connectivity index (χ3v) is 5.15. The molecule has 1 aromatic carbocycles. The lowest BCUT2D eigenvalue weighted by molar-refractivity contribution is 0.382. The Morgan fingerprint density at radius 2 is 2.00 bits per heavy atom. The fraction of sp³-hybridized carbons (Fsp3) is 0.381. The molecule has 6 heteroatoms. The summed E-state index contributed by atoms with van der Waals surface area (Å²) in [6.07, 6.45) is 11.0. The monoisotopic (exact) mass is 363 g/mol. The maximum atomic E-state index is 10.3. The third kappa shape index (κ3) is 4.17. The van der Waals surface area contributed by atoms with Crippen molar-refractivity contribution in [1.29, 1.82) is 0 Å². The van der Waals surface area contributed by atoms with Gasteiger partial charge in [-0.1, -0.05) is 12.5 Å². The Balaban J connectivity index is 1.64. The first-order chi connectivity index (χ1) is 13.2. The molecule has 2 N–H and O–H groups in total. The van der Waals surface area contributed by atoms with Crippen molar-refractivity contribution in [2.75, 3.05) is 6.54 Å². The Bertz CT molecular complexity index is 901. The van der Waals surface area contributed by atoms with Gasteiger partial charge in [-0.05, 0) is 74.0 Å². The highest BCUT2D eigenvalue weighted by Gasteiger charge is 2.14. The van der Waals surface area contributed by atoms with Gasteiger partial charge in [-0.15, -0.1) is 10.2 Å². The summed E-state index contributed by atoms with van der Waals surface area (Å²) in [6, 6.07) is 8.50. The van der Waals surface area contributed by atoms with Crippen LogP contribution in [0.25, 0.3) is 16.9 Å². The zero-order valence-corrected chi connectivity index (χ0v) is 15.6. The summed E-state index contributed by atoms with van der Waals surface area (Å²) in [5.41, 5.74) is 4.14. The normalized spacial score (nSPS) is 17.1. The topological polar surface area (TPSA) is 75.9 Å². The van der Waals surface area contributed by atoms with Gasteiger partial charge in [-0.3, -0.25) is 4.57 Å². The number of aromatic hydroxyl groups is 1. The van der Waals surface area contributed by atoms with E-state index < -0.39 is 0 Å². The van der Waals surface area contributed by atoms with E-state index in [4.69, 9.17) is 0 Å². The number of phenolic OH excluding ortho intramolecular Hbond substituents is 1. The van der Waals surface area contributed by atoms with E-state index in [2.05, 4.69) is 32.6 Å². The Labute approximate surface area is 159 Å². The molecule has 0 unspecified atom stereocenters. The number of benzene rings is 1. The summed E-state index contributed by atoms with van der Waals surface area (Å²) in [4.78, 5) is 4.57. The summed E-state index contributed by atoms with van der Waals surface area (Å²) in [6.45, 7) is 3.14. The standard InChI is InChI=1S/C21H25N5O/c1-15-8-20(21(23-12-15)26-13-24-25-14-26)17-9-16(10-19(27)11-17)5-6-18-4-2-3-7-22-18/h8-14,18,22,27H,2-7H2,1H3/t18-/m0/s1. The molecule has 27 heavy (non-hydrogen) atoms. The minimum atomic E-state index is 0.287. The maximum Gasteiger partial charge on any atom is 0.147 e. The van der Waals surface area contributed by atoms with E-state index in [1.807, 2.05) is 19.2 Å². The Morgan fingerprint density at radius 3 is 2.78 bits per heavy atom. The first kappa shape index (κ1) is 17.7. The number of aromatic nitrogens is 4. The molecule has 0 radical (unpaired) electrons. The number of pyridine rings is 1. The molecule has 1 aliphatic heterocycles. The highest BCUT2D eigenvalue weighted by Crippen LogP contribution is 2.30. The van der Waals surface area contributed by atoms with Gasteiger partial charge in [0.1, 0.15) is 24.2 Å². The van der Waals surface area contributed by atoms with Crippen LogP contribution in [0.2, 0.25) is 0 Å². The molecule has 0 spiro atoms. The van der Waals surface area contributed by atoms with E-state index in [9.17, 15) is 5.11 Å². The van der Waals surface area contributed by atoms with Crippen LogP contribution in [0.3, 0.4) is 0 Å². The van der Waals surface area contributed by atoms with Crippen LogP contribution >= 0.6 is 0 Å².